The fourth-order valence-electron chi connectivity index (χ4n) is 2.88. The van der Waals surface area contributed by atoms with Gasteiger partial charge in [0, 0.05) is 16.7 Å². The van der Waals surface area contributed by atoms with E-state index < -0.39 is 15.9 Å². The van der Waals surface area contributed by atoms with Gasteiger partial charge >= 0.3 is 0 Å². The Balaban J connectivity index is 1.97. The maximum Gasteiger partial charge on any atom is 0.258 e. The van der Waals surface area contributed by atoms with Gasteiger partial charge in [0.2, 0.25) is 0 Å². The molecule has 1 amide bonds. The van der Waals surface area contributed by atoms with Crippen LogP contribution in [0.25, 0.3) is 0 Å². The number of ether oxygens (including phenoxy) is 1. The maximum absolute atomic E-state index is 13.1. The zero-order chi connectivity index (χ0) is 18.7. The first kappa shape index (κ1) is 18.2. The molecule has 26 heavy (non-hydrogen) atoms. The van der Waals surface area contributed by atoms with Crippen LogP contribution in [0, 0.1) is 6.92 Å². The summed E-state index contributed by atoms with van der Waals surface area (Å²) in [5.74, 6) is 0.354. The molecule has 0 aromatic heterocycles. The quantitative estimate of drug-likeness (QED) is 0.809. The van der Waals surface area contributed by atoms with Crippen LogP contribution in [0.1, 0.15) is 22.8 Å². The second kappa shape index (κ2) is 7.33. The predicted molar refractivity (Wildman–Crippen MR) is 102 cm³/mol. The molecule has 0 fully saturated rings. The summed E-state index contributed by atoms with van der Waals surface area (Å²) in [4.78, 5) is 14.7. The molecule has 0 unspecified atom stereocenters. The lowest BCUT2D eigenvalue weighted by Crippen LogP contribution is -2.41. The molecular formula is C20H21NO4S. The Kier molecular flexibility index (Phi) is 5.13. The van der Waals surface area contributed by atoms with Gasteiger partial charge in [-0.05, 0) is 56.3 Å². The van der Waals surface area contributed by atoms with E-state index in [0.29, 0.717) is 23.6 Å². The normalized spacial score (nSPS) is 17.8. The standard InChI is InChI=1S/C20H21NO4S/c1-3-25-19-10-8-17(9-11-19)21(18-12-13-26(23,24)14-18)20(22)16-6-4-15(2)5-7-16/h4-13,18H,3,14H2,1-2H3/t18-/m1/s1. The van der Waals surface area contributed by atoms with Gasteiger partial charge in [0.1, 0.15) is 5.75 Å². The van der Waals surface area contributed by atoms with Crippen molar-refractivity contribution in [2.45, 2.75) is 19.9 Å². The van der Waals surface area contributed by atoms with E-state index in [2.05, 4.69) is 0 Å². The predicted octanol–water partition coefficient (Wildman–Crippen LogP) is 3.35. The minimum atomic E-state index is -3.29. The summed E-state index contributed by atoms with van der Waals surface area (Å²) in [6, 6.07) is 13.8. The lowest BCUT2D eigenvalue weighted by atomic mass is 10.1. The molecule has 0 aliphatic carbocycles. The maximum atomic E-state index is 13.1. The molecule has 0 spiro atoms. The third-order valence-corrected chi connectivity index (χ3v) is 5.56. The van der Waals surface area contributed by atoms with Gasteiger partial charge in [0.25, 0.3) is 5.91 Å². The summed E-state index contributed by atoms with van der Waals surface area (Å²) in [6.45, 7) is 4.40. The van der Waals surface area contributed by atoms with E-state index in [0.717, 1.165) is 5.56 Å². The number of amides is 1. The molecule has 1 aliphatic rings. The van der Waals surface area contributed by atoms with Crippen molar-refractivity contribution in [1.29, 1.82) is 0 Å². The average Bonchev–Trinajstić information content (AvgIpc) is 2.97. The summed E-state index contributed by atoms with van der Waals surface area (Å²) < 4.78 is 29.2. The highest BCUT2D eigenvalue weighted by Crippen LogP contribution is 2.27. The number of benzene rings is 2. The SMILES string of the molecule is CCOc1ccc(N(C(=O)c2ccc(C)cc2)[C@@H]2C=CS(=O)(=O)C2)cc1. The molecule has 1 aliphatic heterocycles. The molecule has 1 heterocycles. The van der Waals surface area contributed by atoms with Crippen LogP contribution in [0.2, 0.25) is 0 Å². The minimum absolute atomic E-state index is 0.113. The highest BCUT2D eigenvalue weighted by molar-refractivity contribution is 7.94. The lowest BCUT2D eigenvalue weighted by Gasteiger charge is -2.28. The van der Waals surface area contributed by atoms with Crippen LogP contribution in [0.15, 0.2) is 60.0 Å². The largest absolute Gasteiger partial charge is 0.494 e. The van der Waals surface area contributed by atoms with Gasteiger partial charge in [-0.2, -0.15) is 0 Å². The first-order valence-electron chi connectivity index (χ1n) is 8.43. The second-order valence-electron chi connectivity index (χ2n) is 6.19. The zero-order valence-corrected chi connectivity index (χ0v) is 15.6. The summed E-state index contributed by atoms with van der Waals surface area (Å²) in [7, 11) is -3.29. The lowest BCUT2D eigenvalue weighted by molar-refractivity contribution is 0.0983. The van der Waals surface area contributed by atoms with Gasteiger partial charge < -0.3 is 9.64 Å². The van der Waals surface area contributed by atoms with Crippen molar-refractivity contribution in [1.82, 2.24) is 0 Å². The molecule has 0 bridgehead atoms. The van der Waals surface area contributed by atoms with Crippen molar-refractivity contribution >= 4 is 21.4 Å². The smallest absolute Gasteiger partial charge is 0.258 e. The highest BCUT2D eigenvalue weighted by atomic mass is 32.2. The van der Waals surface area contributed by atoms with E-state index >= 15 is 0 Å². The molecule has 0 N–H and O–H groups in total. The van der Waals surface area contributed by atoms with Crippen LogP contribution in [0.3, 0.4) is 0 Å². The fourth-order valence-corrected chi connectivity index (χ4v) is 4.15. The van der Waals surface area contributed by atoms with Crippen LogP contribution in [-0.2, 0) is 9.84 Å². The Morgan fingerprint density at radius 1 is 1.12 bits per heavy atom. The number of nitrogens with zero attached hydrogens (tertiary/aromatic N) is 1. The number of aryl methyl sites for hydroxylation is 1. The number of hydrogen-bond acceptors (Lipinski definition) is 4. The number of sulfone groups is 1. The van der Waals surface area contributed by atoms with Crippen molar-refractivity contribution < 1.29 is 17.9 Å². The molecular weight excluding hydrogens is 350 g/mol. The van der Waals surface area contributed by atoms with Gasteiger partial charge in [-0.3, -0.25) is 4.79 Å². The van der Waals surface area contributed by atoms with Crippen LogP contribution < -0.4 is 9.64 Å². The van der Waals surface area contributed by atoms with Crippen LogP contribution in [0.4, 0.5) is 5.69 Å². The van der Waals surface area contributed by atoms with E-state index in [1.165, 1.54) is 10.3 Å². The van der Waals surface area contributed by atoms with Gasteiger partial charge in [0.15, 0.2) is 9.84 Å². The third kappa shape index (κ3) is 3.96. The average molecular weight is 371 g/mol. The number of carbonyl (C=O) groups excluding carboxylic acids is 1. The number of carbonyl (C=O) groups is 1. The zero-order valence-electron chi connectivity index (χ0n) is 14.8. The molecule has 5 nitrogen and oxygen atoms in total. The van der Waals surface area contributed by atoms with Crippen molar-refractivity contribution in [3.63, 3.8) is 0 Å². The van der Waals surface area contributed by atoms with E-state index in [-0.39, 0.29) is 11.7 Å². The molecule has 3 rings (SSSR count). The van der Waals surface area contributed by atoms with Crippen molar-refractivity contribution in [3.8, 4) is 5.75 Å². The van der Waals surface area contributed by atoms with Crippen LogP contribution >= 0.6 is 0 Å². The van der Waals surface area contributed by atoms with E-state index in [1.54, 1.807) is 42.5 Å². The van der Waals surface area contributed by atoms with Crippen molar-refractivity contribution in [3.05, 3.63) is 71.1 Å². The van der Waals surface area contributed by atoms with Crippen molar-refractivity contribution in [2.24, 2.45) is 0 Å². The molecule has 0 saturated carbocycles. The van der Waals surface area contributed by atoms with Crippen molar-refractivity contribution in [2.75, 3.05) is 17.3 Å². The molecule has 2 aromatic rings. The Hall–Kier alpha value is -2.60. The monoisotopic (exact) mass is 371 g/mol. The Morgan fingerprint density at radius 3 is 2.31 bits per heavy atom. The van der Waals surface area contributed by atoms with Gasteiger partial charge in [-0.25, -0.2) is 8.42 Å². The Labute approximate surface area is 153 Å². The van der Waals surface area contributed by atoms with E-state index in [9.17, 15) is 13.2 Å². The summed E-state index contributed by atoms with van der Waals surface area (Å²) in [5, 5.41) is 1.18. The summed E-state index contributed by atoms with van der Waals surface area (Å²) in [6.07, 6.45) is 1.57. The Bertz CT molecular complexity index is 915. The third-order valence-electron chi connectivity index (χ3n) is 4.19. The topological polar surface area (TPSA) is 63.7 Å². The Morgan fingerprint density at radius 2 is 1.77 bits per heavy atom. The van der Waals surface area contributed by atoms with E-state index in [4.69, 9.17) is 4.74 Å². The number of hydrogen-bond donors (Lipinski definition) is 0. The molecule has 1 atom stereocenters. The second-order valence-corrected chi connectivity index (χ2v) is 8.12. The minimum Gasteiger partial charge on any atom is -0.494 e. The van der Waals surface area contributed by atoms with Gasteiger partial charge in [-0.15, -0.1) is 0 Å². The molecule has 6 heteroatoms. The molecule has 2 aromatic carbocycles. The summed E-state index contributed by atoms with van der Waals surface area (Å²) in [5.41, 5.74) is 2.20. The molecule has 136 valence electrons. The molecule has 0 saturated heterocycles. The van der Waals surface area contributed by atoms with Crippen LogP contribution in [0.5, 0.6) is 5.75 Å². The fraction of sp³-hybridized carbons (Fsp3) is 0.250. The van der Waals surface area contributed by atoms with Gasteiger partial charge in [0.05, 0.1) is 18.4 Å². The first-order valence-corrected chi connectivity index (χ1v) is 10.2. The van der Waals surface area contributed by atoms with E-state index in [1.807, 2.05) is 26.0 Å². The first-order chi connectivity index (χ1) is 12.4. The molecule has 0 radical (unpaired) electrons. The summed E-state index contributed by atoms with van der Waals surface area (Å²) >= 11 is 0. The number of anilines is 1. The highest BCUT2D eigenvalue weighted by Gasteiger charge is 2.32. The number of rotatable bonds is 5. The van der Waals surface area contributed by atoms with Crippen LogP contribution in [-0.4, -0.2) is 32.7 Å². The van der Waals surface area contributed by atoms with Gasteiger partial charge in [-0.1, -0.05) is 17.7 Å².